The molecule has 0 radical (unpaired) electrons. The van der Waals surface area contributed by atoms with Gasteiger partial charge in [-0.2, -0.15) is 9.61 Å². The monoisotopic (exact) mass is 640 g/mol. The van der Waals surface area contributed by atoms with Crippen molar-refractivity contribution in [2.75, 3.05) is 31.2 Å². The maximum Gasteiger partial charge on any atom is 0.340 e. The predicted octanol–water partition coefficient (Wildman–Crippen LogP) is 7.31. The van der Waals surface area contributed by atoms with Crippen molar-refractivity contribution < 1.29 is 28.1 Å². The molecule has 8 rings (SSSR count). The lowest BCUT2D eigenvalue weighted by molar-refractivity contribution is -0.166. The van der Waals surface area contributed by atoms with E-state index in [1.165, 1.54) is 12.1 Å². The fraction of sp³-hybridized carbons (Fsp3) is 0.432. The number of nitrogens with zero attached hydrogens (tertiary/aromatic N) is 4. The highest BCUT2D eigenvalue weighted by atomic mass is 19.1. The molecule has 0 amide bonds. The van der Waals surface area contributed by atoms with Crippen molar-refractivity contribution in [1.82, 2.24) is 14.6 Å². The van der Waals surface area contributed by atoms with E-state index < -0.39 is 23.8 Å². The van der Waals surface area contributed by atoms with Crippen LogP contribution in [0.5, 0.6) is 5.75 Å². The number of piperidine rings is 1. The van der Waals surface area contributed by atoms with Crippen molar-refractivity contribution in [3.63, 3.8) is 0 Å². The van der Waals surface area contributed by atoms with Gasteiger partial charge < -0.3 is 23.8 Å². The third kappa shape index (κ3) is 5.78. The molecule has 9 nitrogen and oxygen atoms in total. The van der Waals surface area contributed by atoms with E-state index in [0.29, 0.717) is 48.0 Å². The minimum Gasteiger partial charge on any atom is -0.481 e. The maximum absolute atomic E-state index is 14.3. The van der Waals surface area contributed by atoms with Crippen molar-refractivity contribution in [3.05, 3.63) is 77.3 Å². The van der Waals surface area contributed by atoms with Crippen molar-refractivity contribution in [3.8, 4) is 28.1 Å². The number of rotatable bonds is 4. The summed E-state index contributed by atoms with van der Waals surface area (Å²) in [6.07, 6.45) is 4.00. The lowest BCUT2D eigenvalue weighted by atomic mass is 9.88. The fourth-order valence-electron chi connectivity index (χ4n) is 6.90. The molecule has 2 aromatic heterocycles. The van der Waals surface area contributed by atoms with Crippen LogP contribution in [-0.4, -0.2) is 58.1 Å². The molecule has 1 saturated heterocycles. The molecular formula is C37H41FN4O5. The number of ether oxygens (including phenoxy) is 4. The molecule has 1 fully saturated rings. The number of fused-ring (bicyclic) bond motifs is 6. The van der Waals surface area contributed by atoms with Gasteiger partial charge in [-0.25, -0.2) is 14.2 Å². The Morgan fingerprint density at radius 3 is 2.64 bits per heavy atom. The van der Waals surface area contributed by atoms with Crippen LogP contribution in [0.15, 0.2) is 54.6 Å². The summed E-state index contributed by atoms with van der Waals surface area (Å²) in [5.74, 6) is 0.432. The molecule has 4 aliphatic heterocycles. The number of benzene rings is 2. The molecule has 0 aliphatic carbocycles. The lowest BCUT2D eigenvalue weighted by Gasteiger charge is -2.41. The first-order valence-electron chi connectivity index (χ1n) is 16.3. The van der Waals surface area contributed by atoms with E-state index in [2.05, 4.69) is 11.8 Å². The molecule has 0 N–H and O–H groups in total. The zero-order chi connectivity index (χ0) is 33.1. The van der Waals surface area contributed by atoms with Crippen LogP contribution in [0.1, 0.15) is 76.5 Å². The quantitative estimate of drug-likeness (QED) is 0.170. The molecule has 2 aromatic carbocycles. The minimum absolute atomic E-state index is 0.227. The zero-order valence-corrected chi connectivity index (χ0v) is 27.8. The van der Waals surface area contributed by atoms with Crippen molar-refractivity contribution >= 4 is 17.4 Å². The Morgan fingerprint density at radius 1 is 1.13 bits per heavy atom. The van der Waals surface area contributed by atoms with Gasteiger partial charge in [0.2, 0.25) is 0 Å². The average Bonchev–Trinajstić information content (AvgIpc) is 3.44. The summed E-state index contributed by atoms with van der Waals surface area (Å²) in [4.78, 5) is 20.9. The van der Waals surface area contributed by atoms with Gasteiger partial charge in [-0.05, 0) is 78.2 Å². The second-order valence-electron chi connectivity index (χ2n) is 13.7. The maximum atomic E-state index is 14.3. The van der Waals surface area contributed by atoms with Gasteiger partial charge in [-0.1, -0.05) is 24.3 Å². The standard InChI is InChI=1S/C37H41FN4O5/c1-7-44-35(43)33(47-36(3,4)5)31-22(2)39-30-21-27-26-11-8-10-25-24-14-13-23(38)20-29(24)46-28(32(25)26)12-9-19-45-37(6)15-17-41(18-16-37)34(31)42(30)40-27/h8-14,20-21,28,33H,7,15-19H2,1-6H3/b12-9+/t28-,33+/m1/s1. The largest absolute Gasteiger partial charge is 0.481 e. The fourth-order valence-corrected chi connectivity index (χ4v) is 6.90. The second kappa shape index (κ2) is 11.8. The van der Waals surface area contributed by atoms with Gasteiger partial charge >= 0.3 is 5.97 Å². The number of carbonyl (C=O) groups excluding carboxylic acids is 1. The predicted molar refractivity (Wildman–Crippen MR) is 177 cm³/mol. The van der Waals surface area contributed by atoms with Crippen molar-refractivity contribution in [2.45, 2.75) is 77.8 Å². The number of aryl methyl sites for hydroxylation is 1. The summed E-state index contributed by atoms with van der Waals surface area (Å²) in [6.45, 7) is 13.6. The second-order valence-corrected chi connectivity index (χ2v) is 13.7. The van der Waals surface area contributed by atoms with Gasteiger partial charge in [-0.15, -0.1) is 0 Å². The summed E-state index contributed by atoms with van der Waals surface area (Å²) in [6, 6.07) is 12.7. The number of carbonyl (C=O) groups is 1. The molecule has 0 saturated carbocycles. The Balaban J connectivity index is 1.49. The Bertz CT molecular complexity index is 1890. The number of hydrogen-bond donors (Lipinski definition) is 0. The summed E-state index contributed by atoms with van der Waals surface area (Å²) in [5, 5.41) is 5.20. The van der Waals surface area contributed by atoms with E-state index in [-0.39, 0.29) is 18.0 Å². The third-order valence-electron chi connectivity index (χ3n) is 9.15. The normalized spacial score (nSPS) is 21.8. The smallest absolute Gasteiger partial charge is 0.340 e. The summed E-state index contributed by atoms with van der Waals surface area (Å²) in [7, 11) is 0. The van der Waals surface area contributed by atoms with E-state index >= 15 is 0 Å². The van der Waals surface area contributed by atoms with Gasteiger partial charge in [0.25, 0.3) is 0 Å². The number of aromatic nitrogens is 3. The molecule has 10 heteroatoms. The minimum atomic E-state index is -1.01. The van der Waals surface area contributed by atoms with E-state index in [1.807, 2.05) is 68.6 Å². The molecule has 4 bridgehead atoms. The molecule has 0 spiro atoms. The average molecular weight is 641 g/mol. The zero-order valence-electron chi connectivity index (χ0n) is 27.8. The van der Waals surface area contributed by atoms with Crippen LogP contribution in [0.25, 0.3) is 28.0 Å². The van der Waals surface area contributed by atoms with Crippen LogP contribution in [0.3, 0.4) is 0 Å². The van der Waals surface area contributed by atoms with Crippen LogP contribution in [0, 0.1) is 12.7 Å². The molecule has 246 valence electrons. The van der Waals surface area contributed by atoms with E-state index in [9.17, 15) is 9.18 Å². The Morgan fingerprint density at radius 2 is 1.89 bits per heavy atom. The van der Waals surface area contributed by atoms with Gasteiger partial charge in [-0.3, -0.25) is 0 Å². The van der Waals surface area contributed by atoms with Gasteiger partial charge in [0.05, 0.1) is 35.7 Å². The van der Waals surface area contributed by atoms with Crippen LogP contribution >= 0.6 is 0 Å². The van der Waals surface area contributed by atoms with Crippen LogP contribution < -0.4 is 9.64 Å². The van der Waals surface area contributed by atoms with Crippen molar-refractivity contribution in [2.24, 2.45) is 0 Å². The molecule has 0 unspecified atom stereocenters. The van der Waals surface area contributed by atoms with E-state index in [0.717, 1.165) is 40.9 Å². The molecule has 2 atom stereocenters. The number of anilines is 1. The first kappa shape index (κ1) is 31.3. The van der Waals surface area contributed by atoms with E-state index in [1.54, 1.807) is 13.0 Å². The van der Waals surface area contributed by atoms with Gasteiger partial charge in [0.1, 0.15) is 23.5 Å². The Kier molecular flexibility index (Phi) is 7.83. The van der Waals surface area contributed by atoms with Crippen LogP contribution in [-0.2, 0) is 19.0 Å². The van der Waals surface area contributed by atoms with E-state index in [4.69, 9.17) is 29.0 Å². The third-order valence-corrected chi connectivity index (χ3v) is 9.15. The molecule has 47 heavy (non-hydrogen) atoms. The van der Waals surface area contributed by atoms with Gasteiger partial charge in [0.15, 0.2) is 11.8 Å². The molecular weight excluding hydrogens is 599 g/mol. The Hall–Kier alpha value is -4.28. The molecule has 4 aromatic rings. The number of halogens is 1. The van der Waals surface area contributed by atoms with Crippen LogP contribution in [0.4, 0.5) is 10.2 Å². The first-order chi connectivity index (χ1) is 22.4. The van der Waals surface area contributed by atoms with Gasteiger partial charge in [0, 0.05) is 47.6 Å². The summed E-state index contributed by atoms with van der Waals surface area (Å²) in [5.41, 5.74) is 5.23. The van der Waals surface area contributed by atoms with Crippen LogP contribution in [0.2, 0.25) is 0 Å². The Labute approximate surface area is 274 Å². The summed E-state index contributed by atoms with van der Waals surface area (Å²) >= 11 is 0. The lowest BCUT2D eigenvalue weighted by Crippen LogP contribution is -2.45. The topological polar surface area (TPSA) is 87.4 Å². The highest BCUT2D eigenvalue weighted by molar-refractivity contribution is 5.84. The first-order valence-corrected chi connectivity index (χ1v) is 16.3. The SMILES string of the molecule is CCOC(=O)[C@@H](OC(C)(C)C)c1c(C)nc2cc3nn2c1N1CCC(C)(CC1)OC/C=C/[C@H]1Oc2cc(F)ccc2-c2cccc-3c21. The molecule has 4 aliphatic rings. The molecule has 6 heterocycles. The highest BCUT2D eigenvalue weighted by Gasteiger charge is 2.39. The number of esters is 1. The van der Waals surface area contributed by atoms with Crippen molar-refractivity contribution in [1.29, 1.82) is 0 Å². The summed E-state index contributed by atoms with van der Waals surface area (Å²) < 4.78 is 41.2. The number of hydrogen-bond acceptors (Lipinski definition) is 8. The highest BCUT2D eigenvalue weighted by Crippen LogP contribution is 2.47.